The molecule has 0 radical (unpaired) electrons. The van der Waals surface area contributed by atoms with Crippen molar-refractivity contribution in [2.75, 3.05) is 13.7 Å². The molecule has 0 aliphatic carbocycles. The Kier molecular flexibility index (Phi) is 5.55. The molecule has 0 bridgehead atoms. The highest BCUT2D eigenvalue weighted by Gasteiger charge is 2.10. The van der Waals surface area contributed by atoms with Crippen LogP contribution >= 0.6 is 15.9 Å². The van der Waals surface area contributed by atoms with Crippen molar-refractivity contribution in [2.45, 2.75) is 25.7 Å². The molecular weight excluding hydrogens is 322 g/mol. The lowest BCUT2D eigenvalue weighted by Crippen LogP contribution is -1.98. The van der Waals surface area contributed by atoms with Gasteiger partial charge in [0.1, 0.15) is 5.75 Å². The summed E-state index contributed by atoms with van der Waals surface area (Å²) in [7, 11) is 1.63. The van der Waals surface area contributed by atoms with Gasteiger partial charge in [0.15, 0.2) is 0 Å². The molecule has 1 heterocycles. The quantitative estimate of drug-likeness (QED) is 0.784. The summed E-state index contributed by atoms with van der Waals surface area (Å²) in [5.74, 6) is 2.05. The Morgan fingerprint density at radius 2 is 2.15 bits per heavy atom. The number of ether oxygens (including phenoxy) is 1. The molecule has 2 N–H and O–H groups in total. The van der Waals surface area contributed by atoms with Gasteiger partial charge >= 0.3 is 0 Å². The van der Waals surface area contributed by atoms with Crippen LogP contribution in [-0.2, 0) is 6.42 Å². The molecule has 1 aromatic heterocycles. The fourth-order valence-electron chi connectivity index (χ4n) is 1.88. The van der Waals surface area contributed by atoms with E-state index in [1.165, 1.54) is 0 Å². The zero-order valence-electron chi connectivity index (χ0n) is 11.4. The van der Waals surface area contributed by atoms with Crippen molar-refractivity contribution >= 4 is 15.9 Å². The van der Waals surface area contributed by atoms with Gasteiger partial charge in [-0.25, -0.2) is 0 Å². The Morgan fingerprint density at radius 3 is 2.85 bits per heavy atom. The minimum Gasteiger partial charge on any atom is -0.496 e. The maximum atomic E-state index is 5.46. The van der Waals surface area contributed by atoms with Gasteiger partial charge in [-0.1, -0.05) is 11.6 Å². The summed E-state index contributed by atoms with van der Waals surface area (Å²) in [6, 6.07) is 5.70. The molecule has 20 heavy (non-hydrogen) atoms. The SMILES string of the molecule is COc1ccc(-c2noc(CCCCCN)n2)cc1Br. The van der Waals surface area contributed by atoms with Gasteiger partial charge in [0.2, 0.25) is 11.7 Å². The summed E-state index contributed by atoms with van der Waals surface area (Å²) >= 11 is 3.45. The molecule has 0 unspecified atom stereocenters. The second kappa shape index (κ2) is 7.40. The Labute approximate surface area is 126 Å². The predicted octanol–water partition coefficient (Wildman–Crippen LogP) is 3.18. The maximum Gasteiger partial charge on any atom is 0.226 e. The van der Waals surface area contributed by atoms with Gasteiger partial charge in [-0.3, -0.25) is 0 Å². The second-order valence-corrected chi connectivity index (χ2v) is 5.31. The number of aryl methyl sites for hydroxylation is 1. The van der Waals surface area contributed by atoms with Crippen LogP contribution in [0.4, 0.5) is 0 Å². The number of hydrogen-bond donors (Lipinski definition) is 1. The molecule has 5 nitrogen and oxygen atoms in total. The van der Waals surface area contributed by atoms with Gasteiger partial charge in [-0.15, -0.1) is 0 Å². The molecule has 0 amide bonds. The molecule has 2 aromatic rings. The largest absolute Gasteiger partial charge is 0.496 e. The molecular formula is C14H18BrN3O2. The zero-order valence-corrected chi connectivity index (χ0v) is 13.0. The first kappa shape index (κ1) is 15.0. The van der Waals surface area contributed by atoms with E-state index in [-0.39, 0.29) is 0 Å². The van der Waals surface area contributed by atoms with Gasteiger partial charge < -0.3 is 15.0 Å². The van der Waals surface area contributed by atoms with Crippen molar-refractivity contribution in [3.05, 3.63) is 28.6 Å². The van der Waals surface area contributed by atoms with E-state index >= 15 is 0 Å². The van der Waals surface area contributed by atoms with Gasteiger partial charge in [0.25, 0.3) is 0 Å². The average Bonchev–Trinajstić information content (AvgIpc) is 2.92. The highest BCUT2D eigenvalue weighted by molar-refractivity contribution is 9.10. The minimum absolute atomic E-state index is 0.599. The van der Waals surface area contributed by atoms with Gasteiger partial charge in [0, 0.05) is 12.0 Å². The van der Waals surface area contributed by atoms with Gasteiger partial charge in [0.05, 0.1) is 11.6 Å². The van der Waals surface area contributed by atoms with Crippen molar-refractivity contribution < 1.29 is 9.26 Å². The van der Waals surface area contributed by atoms with Crippen molar-refractivity contribution in [3.63, 3.8) is 0 Å². The minimum atomic E-state index is 0.599. The lowest BCUT2D eigenvalue weighted by atomic mass is 10.2. The first-order valence-corrected chi connectivity index (χ1v) is 7.40. The summed E-state index contributed by atoms with van der Waals surface area (Å²) in [5.41, 5.74) is 6.36. The molecule has 108 valence electrons. The molecule has 0 atom stereocenters. The van der Waals surface area contributed by atoms with Crippen LogP contribution < -0.4 is 10.5 Å². The third-order valence-electron chi connectivity index (χ3n) is 2.97. The standard InChI is InChI=1S/C14H18BrN3O2/c1-19-12-7-6-10(9-11(12)15)14-17-13(20-18-14)5-3-2-4-8-16/h6-7,9H,2-5,8,16H2,1H3. The van der Waals surface area contributed by atoms with E-state index in [2.05, 4.69) is 26.1 Å². The third kappa shape index (κ3) is 3.80. The molecule has 0 saturated carbocycles. The van der Waals surface area contributed by atoms with Crippen LogP contribution in [0.15, 0.2) is 27.2 Å². The summed E-state index contributed by atoms with van der Waals surface area (Å²) < 4.78 is 11.3. The van der Waals surface area contributed by atoms with E-state index in [0.717, 1.165) is 48.0 Å². The lowest BCUT2D eigenvalue weighted by Gasteiger charge is -2.03. The molecule has 1 aromatic carbocycles. The van der Waals surface area contributed by atoms with Crippen molar-refractivity contribution in [1.29, 1.82) is 0 Å². The van der Waals surface area contributed by atoms with Crippen LogP contribution in [0.2, 0.25) is 0 Å². The van der Waals surface area contributed by atoms with E-state index < -0.39 is 0 Å². The van der Waals surface area contributed by atoms with Crippen LogP contribution in [0.3, 0.4) is 0 Å². The molecule has 2 rings (SSSR count). The number of benzene rings is 1. The number of nitrogens with two attached hydrogens (primary N) is 1. The van der Waals surface area contributed by atoms with E-state index in [1.807, 2.05) is 18.2 Å². The fourth-order valence-corrected chi connectivity index (χ4v) is 2.42. The highest BCUT2D eigenvalue weighted by atomic mass is 79.9. The highest BCUT2D eigenvalue weighted by Crippen LogP contribution is 2.29. The molecule has 0 aliphatic rings. The summed E-state index contributed by atoms with van der Waals surface area (Å²) in [6.45, 7) is 0.731. The number of nitrogens with zero attached hydrogens (tertiary/aromatic N) is 2. The maximum absolute atomic E-state index is 5.46. The predicted molar refractivity (Wildman–Crippen MR) is 80.6 cm³/mol. The van der Waals surface area contributed by atoms with Crippen molar-refractivity contribution in [3.8, 4) is 17.1 Å². The second-order valence-electron chi connectivity index (χ2n) is 4.46. The monoisotopic (exact) mass is 339 g/mol. The normalized spacial score (nSPS) is 10.8. The topological polar surface area (TPSA) is 74.2 Å². The van der Waals surface area contributed by atoms with Crippen LogP contribution in [0.5, 0.6) is 5.75 Å². The number of hydrogen-bond acceptors (Lipinski definition) is 5. The van der Waals surface area contributed by atoms with E-state index in [0.29, 0.717) is 11.7 Å². The number of aromatic nitrogens is 2. The van der Waals surface area contributed by atoms with E-state index in [9.17, 15) is 0 Å². The van der Waals surface area contributed by atoms with E-state index in [1.54, 1.807) is 7.11 Å². The van der Waals surface area contributed by atoms with Crippen LogP contribution in [0.1, 0.15) is 25.2 Å². The Hall–Kier alpha value is -1.40. The van der Waals surface area contributed by atoms with Crippen molar-refractivity contribution in [2.24, 2.45) is 5.73 Å². The zero-order chi connectivity index (χ0) is 14.4. The van der Waals surface area contributed by atoms with Crippen molar-refractivity contribution in [1.82, 2.24) is 10.1 Å². The summed E-state index contributed by atoms with van der Waals surface area (Å²) in [5, 5.41) is 4.01. The lowest BCUT2D eigenvalue weighted by molar-refractivity contribution is 0.374. The molecule has 0 aliphatic heterocycles. The van der Waals surface area contributed by atoms with Crippen LogP contribution in [0.25, 0.3) is 11.4 Å². The van der Waals surface area contributed by atoms with Gasteiger partial charge in [-0.05, 0) is 53.5 Å². The summed E-state index contributed by atoms with van der Waals surface area (Å²) in [4.78, 5) is 4.40. The molecule has 0 spiro atoms. The number of methoxy groups -OCH3 is 1. The molecule has 0 fully saturated rings. The number of halogens is 1. The van der Waals surface area contributed by atoms with E-state index in [4.69, 9.17) is 15.0 Å². The van der Waals surface area contributed by atoms with Crippen LogP contribution in [0, 0.1) is 0 Å². The molecule has 6 heteroatoms. The Morgan fingerprint density at radius 1 is 1.30 bits per heavy atom. The Balaban J connectivity index is 2.03. The Bertz CT molecular complexity index is 557. The van der Waals surface area contributed by atoms with Crippen LogP contribution in [-0.4, -0.2) is 23.8 Å². The first-order valence-electron chi connectivity index (χ1n) is 6.61. The average molecular weight is 340 g/mol. The molecule has 0 saturated heterocycles. The fraction of sp³-hybridized carbons (Fsp3) is 0.429. The smallest absolute Gasteiger partial charge is 0.226 e. The number of rotatable bonds is 7. The third-order valence-corrected chi connectivity index (χ3v) is 3.59. The number of unbranched alkanes of at least 4 members (excludes halogenated alkanes) is 2. The first-order chi connectivity index (χ1) is 9.74. The van der Waals surface area contributed by atoms with Gasteiger partial charge in [-0.2, -0.15) is 4.98 Å². The summed E-state index contributed by atoms with van der Waals surface area (Å²) in [6.07, 6.45) is 3.93.